The van der Waals surface area contributed by atoms with Crippen LogP contribution in [-0.2, 0) is 4.79 Å². The fourth-order valence-electron chi connectivity index (χ4n) is 3.41. The first kappa shape index (κ1) is 27.3. The molecule has 0 aliphatic carbocycles. The largest absolute Gasteiger partial charge is 0.490 e. The standard InChI is InChI=1S/C27H33FN6O3/c1-4-36-24-17-19(11-14-23(24)37-16-15-34(2)3)25(31-20-12-9-18(10-13-20)26(29)30)27(35)33-32-22-8-6-5-7-21(22)28/h5-14,17,25,31-32H,4,15-16H2,1-3H3,(H3,29,30)(H,33,35). The van der Waals surface area contributed by atoms with Gasteiger partial charge in [0.05, 0.1) is 12.3 Å². The van der Waals surface area contributed by atoms with Gasteiger partial charge < -0.3 is 25.4 Å². The zero-order valence-electron chi connectivity index (χ0n) is 21.2. The van der Waals surface area contributed by atoms with Gasteiger partial charge in [0.15, 0.2) is 11.5 Å². The maximum Gasteiger partial charge on any atom is 0.265 e. The Morgan fingerprint density at radius 2 is 1.78 bits per heavy atom. The number of hydrogen-bond acceptors (Lipinski definition) is 7. The first-order valence-corrected chi connectivity index (χ1v) is 11.8. The number of amides is 1. The highest BCUT2D eigenvalue weighted by Crippen LogP contribution is 2.32. The smallest absolute Gasteiger partial charge is 0.265 e. The zero-order chi connectivity index (χ0) is 26.8. The highest BCUT2D eigenvalue weighted by Gasteiger charge is 2.23. The van der Waals surface area contributed by atoms with Crippen LogP contribution in [0.2, 0.25) is 0 Å². The van der Waals surface area contributed by atoms with Gasteiger partial charge in [-0.2, -0.15) is 0 Å². The van der Waals surface area contributed by atoms with Crippen molar-refractivity contribution in [1.82, 2.24) is 10.3 Å². The van der Waals surface area contributed by atoms with Crippen molar-refractivity contribution in [3.8, 4) is 11.5 Å². The van der Waals surface area contributed by atoms with Crippen LogP contribution in [0.3, 0.4) is 0 Å². The van der Waals surface area contributed by atoms with E-state index in [0.717, 1.165) is 6.54 Å². The molecule has 1 atom stereocenters. The van der Waals surface area contributed by atoms with Crippen molar-refractivity contribution >= 4 is 23.1 Å². The fourth-order valence-corrected chi connectivity index (χ4v) is 3.41. The minimum atomic E-state index is -0.877. The number of nitrogens with zero attached hydrogens (tertiary/aromatic N) is 1. The van der Waals surface area contributed by atoms with Gasteiger partial charge in [-0.3, -0.25) is 21.1 Å². The predicted molar refractivity (Wildman–Crippen MR) is 144 cm³/mol. The summed E-state index contributed by atoms with van der Waals surface area (Å²) in [6, 6.07) is 17.3. The van der Waals surface area contributed by atoms with Crippen LogP contribution in [0.15, 0.2) is 66.7 Å². The van der Waals surface area contributed by atoms with E-state index in [-0.39, 0.29) is 11.5 Å². The Labute approximate surface area is 216 Å². The maximum atomic E-state index is 14.1. The van der Waals surface area contributed by atoms with Gasteiger partial charge in [-0.05, 0) is 75.1 Å². The van der Waals surface area contributed by atoms with E-state index in [1.165, 1.54) is 12.1 Å². The van der Waals surface area contributed by atoms with Gasteiger partial charge in [0.1, 0.15) is 24.3 Å². The Hall–Kier alpha value is -4.31. The lowest BCUT2D eigenvalue weighted by Gasteiger charge is -2.22. The van der Waals surface area contributed by atoms with Crippen molar-refractivity contribution in [3.05, 3.63) is 83.7 Å². The van der Waals surface area contributed by atoms with Crippen LogP contribution in [0, 0.1) is 11.2 Å². The highest BCUT2D eigenvalue weighted by molar-refractivity contribution is 5.95. The second-order valence-electron chi connectivity index (χ2n) is 8.45. The first-order chi connectivity index (χ1) is 17.8. The van der Waals surface area contributed by atoms with Crippen LogP contribution in [0.5, 0.6) is 11.5 Å². The molecule has 3 aromatic rings. The van der Waals surface area contributed by atoms with E-state index in [4.69, 9.17) is 20.6 Å². The maximum absolute atomic E-state index is 14.1. The fraction of sp³-hybridized carbons (Fsp3) is 0.259. The van der Waals surface area contributed by atoms with Gasteiger partial charge in [0, 0.05) is 17.8 Å². The van der Waals surface area contributed by atoms with Crippen LogP contribution >= 0.6 is 0 Å². The number of amidine groups is 1. The summed E-state index contributed by atoms with van der Waals surface area (Å²) in [6.45, 7) is 3.49. The third kappa shape index (κ3) is 7.84. The zero-order valence-corrected chi connectivity index (χ0v) is 21.2. The SMILES string of the molecule is CCOc1cc(C(Nc2ccc(C(=N)N)cc2)C(=O)NNc2ccccc2F)ccc1OCCN(C)C. The Morgan fingerprint density at radius 1 is 1.05 bits per heavy atom. The lowest BCUT2D eigenvalue weighted by molar-refractivity contribution is -0.121. The van der Waals surface area contributed by atoms with E-state index in [1.54, 1.807) is 54.6 Å². The van der Waals surface area contributed by atoms with Crippen LogP contribution in [0.4, 0.5) is 15.8 Å². The molecule has 37 heavy (non-hydrogen) atoms. The summed E-state index contributed by atoms with van der Waals surface area (Å²) in [5.74, 6) is 0.0722. The number of para-hydroxylation sites is 1. The second-order valence-corrected chi connectivity index (χ2v) is 8.45. The number of nitrogen functional groups attached to an aromatic ring is 1. The number of carbonyl (C=O) groups excluding carboxylic acids is 1. The van der Waals surface area contributed by atoms with Crippen LogP contribution < -0.4 is 31.4 Å². The van der Waals surface area contributed by atoms with Gasteiger partial charge in [-0.25, -0.2) is 4.39 Å². The number of halogens is 1. The Kier molecular flexibility index (Phi) is 9.68. The van der Waals surface area contributed by atoms with Gasteiger partial charge >= 0.3 is 0 Å². The lowest BCUT2D eigenvalue weighted by Crippen LogP contribution is -2.37. The molecular weight excluding hydrogens is 475 g/mol. The summed E-state index contributed by atoms with van der Waals surface area (Å²) >= 11 is 0. The molecule has 6 N–H and O–H groups in total. The molecule has 1 amide bonds. The average molecular weight is 509 g/mol. The van der Waals surface area contributed by atoms with E-state index < -0.39 is 17.8 Å². The molecule has 9 nitrogen and oxygen atoms in total. The molecule has 0 bridgehead atoms. The van der Waals surface area contributed by atoms with Gasteiger partial charge in [0.25, 0.3) is 5.91 Å². The van der Waals surface area contributed by atoms with Crippen LogP contribution in [0.25, 0.3) is 0 Å². The predicted octanol–water partition coefficient (Wildman–Crippen LogP) is 3.75. The minimum Gasteiger partial charge on any atom is -0.490 e. The number of hydrazine groups is 1. The van der Waals surface area contributed by atoms with Crippen molar-refractivity contribution in [2.24, 2.45) is 5.73 Å². The van der Waals surface area contributed by atoms with Gasteiger partial charge in [-0.15, -0.1) is 0 Å². The monoisotopic (exact) mass is 508 g/mol. The molecule has 0 radical (unpaired) electrons. The number of anilines is 2. The summed E-state index contributed by atoms with van der Waals surface area (Å²) in [5, 5.41) is 10.8. The number of likely N-dealkylation sites (N-methyl/N-ethyl adjacent to an activating group) is 1. The van der Waals surface area contributed by atoms with Gasteiger partial charge in [0.2, 0.25) is 0 Å². The van der Waals surface area contributed by atoms with E-state index in [2.05, 4.69) is 16.2 Å². The number of benzene rings is 3. The third-order valence-electron chi connectivity index (χ3n) is 5.36. The summed E-state index contributed by atoms with van der Waals surface area (Å²) in [4.78, 5) is 15.3. The Balaban J connectivity index is 1.88. The molecule has 3 rings (SSSR count). The van der Waals surface area contributed by atoms with Gasteiger partial charge in [-0.1, -0.05) is 18.2 Å². The molecule has 0 fully saturated rings. The van der Waals surface area contributed by atoms with Crippen molar-refractivity contribution in [2.45, 2.75) is 13.0 Å². The molecule has 1 unspecified atom stereocenters. The molecule has 0 aliphatic heterocycles. The number of nitrogens with one attached hydrogen (secondary N) is 4. The van der Waals surface area contributed by atoms with Crippen LogP contribution in [-0.4, -0.2) is 50.5 Å². The van der Waals surface area contributed by atoms with Crippen molar-refractivity contribution < 1.29 is 18.7 Å². The summed E-state index contributed by atoms with van der Waals surface area (Å²) in [7, 11) is 3.92. The summed E-state index contributed by atoms with van der Waals surface area (Å²) < 4.78 is 25.8. The molecular formula is C27H33FN6O3. The third-order valence-corrected chi connectivity index (χ3v) is 5.36. The number of rotatable bonds is 13. The summed E-state index contributed by atoms with van der Waals surface area (Å²) in [6.07, 6.45) is 0. The topological polar surface area (TPSA) is 125 Å². The van der Waals surface area contributed by atoms with E-state index in [1.807, 2.05) is 25.9 Å². The number of ether oxygens (including phenoxy) is 2. The van der Waals surface area contributed by atoms with Crippen molar-refractivity contribution in [3.63, 3.8) is 0 Å². The number of carbonyl (C=O) groups is 1. The molecule has 0 spiro atoms. The van der Waals surface area contributed by atoms with Crippen molar-refractivity contribution in [2.75, 3.05) is 44.6 Å². The highest BCUT2D eigenvalue weighted by atomic mass is 19.1. The second kappa shape index (κ2) is 13.1. The molecule has 0 heterocycles. The quantitative estimate of drug-likeness (QED) is 0.135. The van der Waals surface area contributed by atoms with E-state index >= 15 is 0 Å². The molecule has 196 valence electrons. The molecule has 10 heteroatoms. The minimum absolute atomic E-state index is 0.0545. The normalized spacial score (nSPS) is 11.5. The molecule has 0 aromatic heterocycles. The van der Waals surface area contributed by atoms with Crippen LogP contribution in [0.1, 0.15) is 24.1 Å². The molecule has 0 saturated carbocycles. The number of nitrogens with two attached hydrogens (primary N) is 1. The van der Waals surface area contributed by atoms with Crippen molar-refractivity contribution in [1.29, 1.82) is 5.41 Å². The average Bonchev–Trinajstić information content (AvgIpc) is 2.87. The molecule has 3 aromatic carbocycles. The number of hydrogen-bond donors (Lipinski definition) is 5. The van der Waals surface area contributed by atoms with E-state index in [0.29, 0.717) is 41.5 Å². The first-order valence-electron chi connectivity index (χ1n) is 11.8. The Morgan fingerprint density at radius 3 is 2.43 bits per heavy atom. The molecule has 0 aliphatic rings. The molecule has 0 saturated heterocycles. The summed E-state index contributed by atoms with van der Waals surface area (Å²) in [5.41, 5.74) is 12.7. The lowest BCUT2D eigenvalue weighted by atomic mass is 10.0. The Bertz CT molecular complexity index is 1200. The van der Waals surface area contributed by atoms with E-state index in [9.17, 15) is 9.18 Å².